The van der Waals surface area contributed by atoms with Crippen LogP contribution < -0.4 is 0 Å². The van der Waals surface area contributed by atoms with Crippen LogP contribution >= 0.6 is 0 Å². The number of aryl methyl sites for hydroxylation is 1. The summed E-state index contributed by atoms with van der Waals surface area (Å²) in [4.78, 5) is 5.91. The van der Waals surface area contributed by atoms with Gasteiger partial charge in [0.05, 0.1) is 0 Å². The lowest BCUT2D eigenvalue weighted by Gasteiger charge is -2.32. The van der Waals surface area contributed by atoms with Gasteiger partial charge in [-0.2, -0.15) is 0 Å². The molecular formula is C26H30FN5. The molecule has 0 atom stereocenters. The van der Waals surface area contributed by atoms with Crippen molar-refractivity contribution in [2.75, 3.05) is 19.6 Å². The van der Waals surface area contributed by atoms with Gasteiger partial charge in [0.1, 0.15) is 18.5 Å². The van der Waals surface area contributed by atoms with Gasteiger partial charge in [-0.3, -0.25) is 4.57 Å². The van der Waals surface area contributed by atoms with Crippen LogP contribution in [0.15, 0.2) is 61.3 Å². The molecule has 1 saturated heterocycles. The van der Waals surface area contributed by atoms with E-state index in [2.05, 4.69) is 44.5 Å². The molecule has 1 fully saturated rings. The first kappa shape index (κ1) is 20.9. The van der Waals surface area contributed by atoms with Crippen LogP contribution in [0.1, 0.15) is 36.8 Å². The van der Waals surface area contributed by atoms with E-state index in [4.69, 9.17) is 0 Å². The fourth-order valence-corrected chi connectivity index (χ4v) is 4.93. The van der Waals surface area contributed by atoms with Crippen LogP contribution in [0.3, 0.4) is 0 Å². The molecule has 0 amide bonds. The summed E-state index contributed by atoms with van der Waals surface area (Å²) in [7, 11) is 0. The molecule has 32 heavy (non-hydrogen) atoms. The van der Waals surface area contributed by atoms with Gasteiger partial charge in [-0.15, -0.1) is 10.2 Å². The fraction of sp³-hybridized carbons (Fsp3) is 0.385. The number of aromatic amines is 1. The molecule has 1 aliphatic rings. The van der Waals surface area contributed by atoms with Gasteiger partial charge in [0, 0.05) is 29.3 Å². The highest BCUT2D eigenvalue weighted by Gasteiger charge is 2.19. The molecule has 166 valence electrons. The van der Waals surface area contributed by atoms with E-state index in [-0.39, 0.29) is 5.82 Å². The number of halogens is 1. The number of nitrogens with one attached hydrogen (secondary N) is 1. The highest BCUT2D eigenvalue weighted by Crippen LogP contribution is 2.26. The largest absolute Gasteiger partial charge is 0.361 e. The van der Waals surface area contributed by atoms with Crippen molar-refractivity contribution in [3.05, 3.63) is 78.3 Å². The van der Waals surface area contributed by atoms with Crippen molar-refractivity contribution in [1.82, 2.24) is 24.6 Å². The summed E-state index contributed by atoms with van der Waals surface area (Å²) in [6.45, 7) is 3.22. The summed E-state index contributed by atoms with van der Waals surface area (Å²) >= 11 is 0. The average molecular weight is 432 g/mol. The molecule has 0 aliphatic carbocycles. The number of benzene rings is 2. The number of likely N-dealkylation sites (tertiary alicyclic amines) is 1. The van der Waals surface area contributed by atoms with Gasteiger partial charge >= 0.3 is 0 Å². The first-order valence-corrected chi connectivity index (χ1v) is 11.7. The average Bonchev–Trinajstić information content (AvgIpc) is 3.50. The Kier molecular flexibility index (Phi) is 6.30. The van der Waals surface area contributed by atoms with Gasteiger partial charge < -0.3 is 9.88 Å². The van der Waals surface area contributed by atoms with Crippen LogP contribution in [0.2, 0.25) is 0 Å². The van der Waals surface area contributed by atoms with Crippen LogP contribution in [0.4, 0.5) is 4.39 Å². The molecule has 0 bridgehead atoms. The summed E-state index contributed by atoms with van der Waals surface area (Å²) in [5.74, 6) is 0.728. The molecule has 0 radical (unpaired) electrons. The van der Waals surface area contributed by atoms with E-state index in [0.717, 1.165) is 49.6 Å². The topological polar surface area (TPSA) is 49.7 Å². The minimum Gasteiger partial charge on any atom is -0.361 e. The van der Waals surface area contributed by atoms with E-state index in [1.54, 1.807) is 24.8 Å². The lowest BCUT2D eigenvalue weighted by molar-refractivity contribution is 0.179. The Labute approximate surface area is 188 Å². The lowest BCUT2D eigenvalue weighted by atomic mass is 9.90. The molecule has 2 aromatic carbocycles. The molecule has 4 aromatic rings. The Balaban J connectivity index is 1.09. The van der Waals surface area contributed by atoms with Gasteiger partial charge in [-0.05, 0) is 86.5 Å². The molecule has 3 heterocycles. The minimum absolute atomic E-state index is 0.0755. The summed E-state index contributed by atoms with van der Waals surface area (Å²) < 4.78 is 15.8. The molecule has 0 spiro atoms. The highest BCUT2D eigenvalue weighted by atomic mass is 19.1. The Morgan fingerprint density at radius 2 is 1.78 bits per heavy atom. The number of fused-ring (bicyclic) bond motifs is 1. The number of rotatable bonds is 8. The van der Waals surface area contributed by atoms with Crippen molar-refractivity contribution in [3.8, 4) is 5.69 Å². The molecule has 6 heteroatoms. The number of hydrogen-bond donors (Lipinski definition) is 1. The van der Waals surface area contributed by atoms with Crippen molar-refractivity contribution in [2.45, 2.75) is 38.5 Å². The van der Waals surface area contributed by atoms with E-state index < -0.39 is 0 Å². The summed E-state index contributed by atoms with van der Waals surface area (Å²) in [6, 6.07) is 13.6. The van der Waals surface area contributed by atoms with Crippen molar-refractivity contribution >= 4 is 10.9 Å². The number of nitrogens with zero attached hydrogens (tertiary/aromatic N) is 4. The van der Waals surface area contributed by atoms with Crippen molar-refractivity contribution in [1.29, 1.82) is 0 Å². The number of aromatic nitrogens is 4. The number of H-pyrrole nitrogens is 1. The maximum atomic E-state index is 13.8. The van der Waals surface area contributed by atoms with E-state index in [9.17, 15) is 4.39 Å². The number of hydrogen-bond acceptors (Lipinski definition) is 3. The Bertz CT molecular complexity index is 1140. The SMILES string of the molecule is Fc1ccccc1CCN1CCC(CCCc2c[nH]c3ccc(-n4cnnc4)cc23)CC1. The van der Waals surface area contributed by atoms with E-state index in [0.29, 0.717) is 0 Å². The third-order valence-corrected chi connectivity index (χ3v) is 6.89. The maximum absolute atomic E-state index is 13.8. The summed E-state index contributed by atoms with van der Waals surface area (Å²) in [6.07, 6.45) is 12.5. The summed E-state index contributed by atoms with van der Waals surface area (Å²) in [5.41, 5.74) is 4.49. The van der Waals surface area contributed by atoms with Crippen molar-refractivity contribution < 1.29 is 4.39 Å². The van der Waals surface area contributed by atoms with Gasteiger partial charge in [0.15, 0.2) is 0 Å². The van der Waals surface area contributed by atoms with E-state index >= 15 is 0 Å². The zero-order valence-electron chi connectivity index (χ0n) is 18.4. The molecule has 5 rings (SSSR count). The monoisotopic (exact) mass is 431 g/mol. The Morgan fingerprint density at radius 1 is 0.969 bits per heavy atom. The second kappa shape index (κ2) is 9.65. The first-order valence-electron chi connectivity index (χ1n) is 11.7. The Morgan fingerprint density at radius 3 is 2.59 bits per heavy atom. The predicted octanol–water partition coefficient (Wildman–Crippen LogP) is 5.17. The van der Waals surface area contributed by atoms with Crippen LogP contribution in [0.25, 0.3) is 16.6 Å². The molecule has 5 nitrogen and oxygen atoms in total. The van der Waals surface area contributed by atoms with E-state index in [1.807, 2.05) is 16.7 Å². The van der Waals surface area contributed by atoms with E-state index in [1.165, 1.54) is 42.1 Å². The second-order valence-corrected chi connectivity index (χ2v) is 8.93. The molecule has 1 N–H and O–H groups in total. The van der Waals surface area contributed by atoms with Crippen LogP contribution in [0.5, 0.6) is 0 Å². The first-order chi connectivity index (χ1) is 15.8. The molecule has 1 aliphatic heterocycles. The molecule has 0 saturated carbocycles. The van der Waals surface area contributed by atoms with Gasteiger partial charge in [0.2, 0.25) is 0 Å². The van der Waals surface area contributed by atoms with Crippen molar-refractivity contribution in [2.24, 2.45) is 5.92 Å². The third-order valence-electron chi connectivity index (χ3n) is 6.89. The summed E-state index contributed by atoms with van der Waals surface area (Å²) in [5, 5.41) is 9.11. The van der Waals surface area contributed by atoms with Gasteiger partial charge in [0.25, 0.3) is 0 Å². The fourth-order valence-electron chi connectivity index (χ4n) is 4.93. The standard InChI is InChI=1S/C26H30FN5/c27-25-7-2-1-5-21(25)12-15-31-13-10-20(11-14-31)4-3-6-22-17-28-26-9-8-23(16-24(22)26)32-18-29-30-19-32/h1-2,5,7-9,16-20,28H,3-4,6,10-15H2. The minimum atomic E-state index is -0.0755. The number of piperidine rings is 1. The van der Waals surface area contributed by atoms with Gasteiger partial charge in [-0.1, -0.05) is 24.6 Å². The third kappa shape index (κ3) is 4.75. The lowest BCUT2D eigenvalue weighted by Crippen LogP contribution is -2.35. The molecular weight excluding hydrogens is 401 g/mol. The molecule has 0 unspecified atom stereocenters. The van der Waals surface area contributed by atoms with Crippen LogP contribution in [-0.2, 0) is 12.8 Å². The smallest absolute Gasteiger partial charge is 0.126 e. The maximum Gasteiger partial charge on any atom is 0.126 e. The molecule has 2 aromatic heterocycles. The van der Waals surface area contributed by atoms with Crippen molar-refractivity contribution in [3.63, 3.8) is 0 Å². The quantitative estimate of drug-likeness (QED) is 0.419. The van der Waals surface area contributed by atoms with Gasteiger partial charge in [-0.25, -0.2) is 4.39 Å². The predicted molar refractivity (Wildman–Crippen MR) is 125 cm³/mol. The van der Waals surface area contributed by atoms with Crippen LogP contribution in [-0.4, -0.2) is 44.3 Å². The highest BCUT2D eigenvalue weighted by molar-refractivity contribution is 5.85. The zero-order chi connectivity index (χ0) is 21.8. The Hall–Kier alpha value is -2.99. The second-order valence-electron chi connectivity index (χ2n) is 8.93. The zero-order valence-corrected chi connectivity index (χ0v) is 18.4. The van der Waals surface area contributed by atoms with Crippen LogP contribution in [0, 0.1) is 11.7 Å². The normalized spacial score (nSPS) is 15.5.